The quantitative estimate of drug-likeness (QED) is 0.423. The number of aromatic nitrogens is 2. The highest BCUT2D eigenvalue weighted by Crippen LogP contribution is 2.29. The van der Waals surface area contributed by atoms with Gasteiger partial charge in [0.25, 0.3) is 0 Å². The molecule has 1 aromatic heterocycles. The molecular formula is C14H26N4O2. The summed E-state index contributed by atoms with van der Waals surface area (Å²) >= 11 is 0. The summed E-state index contributed by atoms with van der Waals surface area (Å²) in [5, 5.41) is 18.8. The average molecular weight is 282 g/mol. The highest BCUT2D eigenvalue weighted by atomic mass is 16.6. The van der Waals surface area contributed by atoms with E-state index in [1.165, 1.54) is 12.8 Å². The van der Waals surface area contributed by atoms with Gasteiger partial charge in [-0.3, -0.25) is 10.1 Å². The highest BCUT2D eigenvalue weighted by Gasteiger charge is 2.25. The third-order valence-corrected chi connectivity index (χ3v) is 3.34. The molecule has 0 aromatic carbocycles. The Labute approximate surface area is 120 Å². The monoisotopic (exact) mass is 282 g/mol. The van der Waals surface area contributed by atoms with Gasteiger partial charge in [0.2, 0.25) is 5.82 Å². The van der Waals surface area contributed by atoms with Crippen molar-refractivity contribution in [2.75, 3.05) is 5.32 Å². The van der Waals surface area contributed by atoms with Gasteiger partial charge >= 0.3 is 5.69 Å². The number of rotatable bonds is 9. The lowest BCUT2D eigenvalue weighted by atomic mass is 10.1. The van der Waals surface area contributed by atoms with Crippen molar-refractivity contribution >= 4 is 11.5 Å². The molecule has 0 saturated heterocycles. The second kappa shape index (κ2) is 7.87. The first-order valence-electron chi connectivity index (χ1n) is 7.49. The van der Waals surface area contributed by atoms with Crippen molar-refractivity contribution < 1.29 is 4.92 Å². The lowest BCUT2D eigenvalue weighted by Gasteiger charge is -2.15. The van der Waals surface area contributed by atoms with Crippen LogP contribution in [0.15, 0.2) is 0 Å². The summed E-state index contributed by atoms with van der Waals surface area (Å²) in [6, 6.07) is 0.215. The fraction of sp³-hybridized carbons (Fsp3) is 0.786. The Morgan fingerprint density at radius 2 is 2.05 bits per heavy atom. The predicted molar refractivity (Wildman–Crippen MR) is 81.1 cm³/mol. The van der Waals surface area contributed by atoms with E-state index in [0.29, 0.717) is 18.1 Å². The lowest BCUT2D eigenvalue weighted by molar-refractivity contribution is -0.384. The van der Waals surface area contributed by atoms with E-state index in [1.807, 2.05) is 6.92 Å². The number of hydrogen-bond donors (Lipinski definition) is 1. The van der Waals surface area contributed by atoms with Gasteiger partial charge in [0, 0.05) is 12.6 Å². The topological polar surface area (TPSA) is 73.0 Å². The Kier molecular flexibility index (Phi) is 6.48. The van der Waals surface area contributed by atoms with Crippen LogP contribution in [0.25, 0.3) is 0 Å². The van der Waals surface area contributed by atoms with Gasteiger partial charge < -0.3 is 5.32 Å². The molecule has 0 aliphatic carbocycles. The van der Waals surface area contributed by atoms with Crippen molar-refractivity contribution in [3.05, 3.63) is 15.8 Å². The van der Waals surface area contributed by atoms with Crippen LogP contribution >= 0.6 is 0 Å². The van der Waals surface area contributed by atoms with Crippen LogP contribution in [-0.2, 0) is 6.54 Å². The fourth-order valence-corrected chi connectivity index (χ4v) is 2.31. The number of nitro groups is 1. The average Bonchev–Trinajstić information content (AvgIpc) is 2.66. The molecule has 0 amide bonds. The molecule has 0 aliphatic heterocycles. The molecule has 0 fully saturated rings. The molecule has 0 aliphatic rings. The number of nitrogens with zero attached hydrogens (tertiary/aromatic N) is 3. The zero-order valence-electron chi connectivity index (χ0n) is 13.0. The van der Waals surface area contributed by atoms with Gasteiger partial charge in [-0.1, -0.05) is 33.1 Å². The summed E-state index contributed by atoms with van der Waals surface area (Å²) < 4.78 is 1.73. The molecule has 1 N–H and O–H groups in total. The molecule has 114 valence electrons. The second-order valence-corrected chi connectivity index (χ2v) is 5.30. The molecule has 0 radical (unpaired) electrons. The first-order valence-corrected chi connectivity index (χ1v) is 7.49. The molecule has 20 heavy (non-hydrogen) atoms. The first-order chi connectivity index (χ1) is 9.51. The van der Waals surface area contributed by atoms with Crippen LogP contribution in [0.2, 0.25) is 0 Å². The fourth-order valence-electron chi connectivity index (χ4n) is 2.31. The van der Waals surface area contributed by atoms with Crippen molar-refractivity contribution in [1.29, 1.82) is 0 Å². The van der Waals surface area contributed by atoms with Crippen molar-refractivity contribution in [3.63, 3.8) is 0 Å². The molecule has 6 heteroatoms. The lowest BCUT2D eigenvalue weighted by Crippen LogP contribution is -2.19. The Bertz CT molecular complexity index is 443. The summed E-state index contributed by atoms with van der Waals surface area (Å²) in [5.74, 6) is 0.554. The van der Waals surface area contributed by atoms with Crippen molar-refractivity contribution in [2.45, 2.75) is 72.4 Å². The predicted octanol–water partition coefficient (Wildman–Crippen LogP) is 3.89. The second-order valence-electron chi connectivity index (χ2n) is 5.30. The molecule has 1 atom stereocenters. The summed E-state index contributed by atoms with van der Waals surface area (Å²) in [6.07, 6.45) is 5.43. The maximum Gasteiger partial charge on any atom is 0.333 e. The van der Waals surface area contributed by atoms with E-state index >= 15 is 0 Å². The van der Waals surface area contributed by atoms with Gasteiger partial charge in [0.1, 0.15) is 5.69 Å². The zero-order valence-corrected chi connectivity index (χ0v) is 13.0. The maximum atomic E-state index is 11.2. The van der Waals surface area contributed by atoms with E-state index < -0.39 is 0 Å². The van der Waals surface area contributed by atoms with Gasteiger partial charge in [0.05, 0.1) is 4.92 Å². The van der Waals surface area contributed by atoms with Crippen LogP contribution in [-0.4, -0.2) is 20.7 Å². The van der Waals surface area contributed by atoms with Crippen LogP contribution in [0.1, 0.15) is 58.6 Å². The first kappa shape index (κ1) is 16.5. The highest BCUT2D eigenvalue weighted by molar-refractivity contribution is 5.59. The van der Waals surface area contributed by atoms with E-state index in [9.17, 15) is 10.1 Å². The number of hydrogen-bond acceptors (Lipinski definition) is 4. The van der Waals surface area contributed by atoms with E-state index in [2.05, 4.69) is 24.3 Å². The smallest absolute Gasteiger partial charge is 0.333 e. The number of anilines is 1. The van der Waals surface area contributed by atoms with Crippen molar-refractivity contribution in [2.24, 2.45) is 0 Å². The molecule has 1 rings (SSSR count). The van der Waals surface area contributed by atoms with E-state index in [4.69, 9.17) is 0 Å². The minimum atomic E-state index is -0.338. The van der Waals surface area contributed by atoms with Gasteiger partial charge in [-0.25, -0.2) is 4.68 Å². The molecule has 1 unspecified atom stereocenters. The number of nitrogens with one attached hydrogen (secondary N) is 1. The molecule has 1 heterocycles. The molecule has 1 aromatic rings. The summed E-state index contributed by atoms with van der Waals surface area (Å²) in [5.41, 5.74) is 0.590. The summed E-state index contributed by atoms with van der Waals surface area (Å²) in [4.78, 5) is 10.9. The summed E-state index contributed by atoms with van der Waals surface area (Å²) in [6.45, 7) is 8.66. The third kappa shape index (κ3) is 4.21. The van der Waals surface area contributed by atoms with E-state index in [-0.39, 0.29) is 16.7 Å². The Hall–Kier alpha value is -1.59. The minimum Gasteiger partial charge on any atom is -0.362 e. The van der Waals surface area contributed by atoms with Crippen molar-refractivity contribution in [3.8, 4) is 0 Å². The zero-order chi connectivity index (χ0) is 15.1. The number of unbranched alkanes of at least 4 members (excludes halogenated alkanes) is 2. The summed E-state index contributed by atoms with van der Waals surface area (Å²) in [7, 11) is 0. The van der Waals surface area contributed by atoms with Gasteiger partial charge in [-0.15, -0.1) is 0 Å². The van der Waals surface area contributed by atoms with E-state index in [0.717, 1.165) is 19.3 Å². The Morgan fingerprint density at radius 3 is 2.60 bits per heavy atom. The molecule has 0 saturated carbocycles. The van der Waals surface area contributed by atoms with Gasteiger partial charge in [-0.05, 0) is 26.7 Å². The molecule has 6 nitrogen and oxygen atoms in total. The molecule has 0 spiro atoms. The largest absolute Gasteiger partial charge is 0.362 e. The molecule has 0 bridgehead atoms. The minimum absolute atomic E-state index is 0.112. The third-order valence-electron chi connectivity index (χ3n) is 3.34. The van der Waals surface area contributed by atoms with Crippen LogP contribution < -0.4 is 5.32 Å². The Morgan fingerprint density at radius 1 is 1.35 bits per heavy atom. The van der Waals surface area contributed by atoms with Gasteiger partial charge in [0.15, 0.2) is 0 Å². The van der Waals surface area contributed by atoms with E-state index in [1.54, 1.807) is 11.6 Å². The van der Waals surface area contributed by atoms with Gasteiger partial charge in [-0.2, -0.15) is 5.10 Å². The SMILES string of the molecule is CCCCCC(C)Nc1c([N+](=O)[O-])c(C)nn1CCC. The van der Waals surface area contributed by atoms with Crippen LogP contribution in [0.3, 0.4) is 0 Å². The standard InChI is InChI=1S/C14H26N4O2/c1-5-7-8-9-11(3)15-14-13(18(19)20)12(4)16-17(14)10-6-2/h11,15H,5-10H2,1-4H3. The van der Waals surface area contributed by atoms with Crippen molar-refractivity contribution in [1.82, 2.24) is 9.78 Å². The Balaban J connectivity index is 2.87. The maximum absolute atomic E-state index is 11.2. The number of aryl methyl sites for hydroxylation is 2. The van der Waals surface area contributed by atoms with Crippen LogP contribution in [0, 0.1) is 17.0 Å². The van der Waals surface area contributed by atoms with Crippen LogP contribution in [0.4, 0.5) is 11.5 Å². The normalized spacial score (nSPS) is 12.4. The molecular weight excluding hydrogens is 256 g/mol. The van der Waals surface area contributed by atoms with Crippen LogP contribution in [0.5, 0.6) is 0 Å².